The maximum Gasteiger partial charge on any atom is 0.416 e. The van der Waals surface area contributed by atoms with Crippen LogP contribution in [-0.4, -0.2) is 5.91 Å². The van der Waals surface area contributed by atoms with Crippen molar-refractivity contribution in [2.24, 2.45) is 0 Å². The molecule has 0 saturated carbocycles. The molecule has 0 fully saturated rings. The molecule has 23 heavy (non-hydrogen) atoms. The number of nitrogens with one attached hydrogen (secondary N) is 1. The molecule has 0 aliphatic carbocycles. The molecule has 2 aromatic rings. The van der Waals surface area contributed by atoms with Crippen LogP contribution in [0.15, 0.2) is 54.6 Å². The summed E-state index contributed by atoms with van der Waals surface area (Å²) in [7, 11) is 0. The number of hydrogen-bond acceptors (Lipinski definition) is 1. The summed E-state index contributed by atoms with van der Waals surface area (Å²) in [6.45, 7) is 0.200. The van der Waals surface area contributed by atoms with Crippen LogP contribution < -0.4 is 5.32 Å². The quantitative estimate of drug-likeness (QED) is 0.664. The second-order valence-corrected chi connectivity index (χ2v) is 4.80. The Labute approximate surface area is 130 Å². The van der Waals surface area contributed by atoms with Crippen molar-refractivity contribution in [2.75, 3.05) is 0 Å². The van der Waals surface area contributed by atoms with Gasteiger partial charge in [-0.2, -0.15) is 13.2 Å². The lowest BCUT2D eigenvalue weighted by molar-refractivity contribution is -0.137. The van der Waals surface area contributed by atoms with E-state index >= 15 is 0 Å². The van der Waals surface area contributed by atoms with E-state index in [-0.39, 0.29) is 17.9 Å². The molecule has 0 spiro atoms. The van der Waals surface area contributed by atoms with Crippen LogP contribution in [0.2, 0.25) is 0 Å². The van der Waals surface area contributed by atoms with Crippen LogP contribution in [0, 0.1) is 5.82 Å². The number of rotatable bonds is 4. The number of alkyl halides is 3. The number of halogens is 4. The molecule has 120 valence electrons. The van der Waals surface area contributed by atoms with Crippen molar-refractivity contribution in [2.45, 2.75) is 12.7 Å². The van der Waals surface area contributed by atoms with E-state index in [0.29, 0.717) is 5.56 Å². The van der Waals surface area contributed by atoms with E-state index in [0.717, 1.165) is 18.2 Å². The lowest BCUT2D eigenvalue weighted by atomic mass is 10.1. The van der Waals surface area contributed by atoms with Gasteiger partial charge in [-0.1, -0.05) is 24.3 Å². The number of benzene rings is 2. The van der Waals surface area contributed by atoms with E-state index < -0.39 is 17.6 Å². The van der Waals surface area contributed by atoms with Crippen LogP contribution in [0.1, 0.15) is 16.7 Å². The van der Waals surface area contributed by atoms with Gasteiger partial charge in [-0.05, 0) is 41.5 Å². The molecule has 0 aliphatic heterocycles. The summed E-state index contributed by atoms with van der Waals surface area (Å²) in [5, 5.41) is 2.56. The summed E-state index contributed by atoms with van der Waals surface area (Å²) in [5.74, 6) is -0.823. The topological polar surface area (TPSA) is 29.1 Å². The molecule has 2 aromatic carbocycles. The van der Waals surface area contributed by atoms with Crippen LogP contribution in [0.3, 0.4) is 0 Å². The zero-order valence-corrected chi connectivity index (χ0v) is 11.9. The third kappa shape index (κ3) is 5.25. The second-order valence-electron chi connectivity index (χ2n) is 4.80. The summed E-state index contributed by atoms with van der Waals surface area (Å²) in [5.41, 5.74) is 0.218. The molecule has 2 rings (SSSR count). The molecule has 6 heteroatoms. The highest BCUT2D eigenvalue weighted by molar-refractivity contribution is 5.91. The summed E-state index contributed by atoms with van der Waals surface area (Å²) in [4.78, 5) is 11.6. The molecule has 0 aliphatic rings. The molecule has 1 amide bonds. The van der Waals surface area contributed by atoms with Gasteiger partial charge in [0.15, 0.2) is 0 Å². The Hall–Kier alpha value is -2.63. The Morgan fingerprint density at radius 3 is 2.43 bits per heavy atom. The summed E-state index contributed by atoms with van der Waals surface area (Å²) < 4.78 is 50.5. The van der Waals surface area contributed by atoms with Gasteiger partial charge in [0, 0.05) is 12.6 Å². The van der Waals surface area contributed by atoms with Crippen LogP contribution in [0.5, 0.6) is 0 Å². The standard InChI is InChI=1S/C17H13F4NO/c18-15-7-4-13(5-8-15)11-22-16(23)9-6-12-2-1-3-14(10-12)17(19,20)21/h1-10H,11H2,(H,22,23)/b9-6+. The van der Waals surface area contributed by atoms with E-state index in [2.05, 4.69) is 5.32 Å². The van der Waals surface area contributed by atoms with Crippen molar-refractivity contribution in [3.8, 4) is 0 Å². The highest BCUT2D eigenvalue weighted by Crippen LogP contribution is 2.29. The number of amides is 1. The molecule has 0 unspecified atom stereocenters. The molecule has 0 aromatic heterocycles. The van der Waals surface area contributed by atoms with E-state index in [1.165, 1.54) is 42.5 Å². The highest BCUT2D eigenvalue weighted by Gasteiger charge is 2.30. The molecule has 2 nitrogen and oxygen atoms in total. The van der Waals surface area contributed by atoms with Gasteiger partial charge in [0.25, 0.3) is 0 Å². The monoisotopic (exact) mass is 323 g/mol. The minimum absolute atomic E-state index is 0.200. The van der Waals surface area contributed by atoms with Crippen LogP contribution in [0.4, 0.5) is 17.6 Å². The van der Waals surface area contributed by atoms with Crippen LogP contribution in [0.25, 0.3) is 6.08 Å². The van der Waals surface area contributed by atoms with Crippen molar-refractivity contribution >= 4 is 12.0 Å². The number of hydrogen-bond donors (Lipinski definition) is 1. The summed E-state index contributed by atoms with van der Waals surface area (Å²) in [6, 6.07) is 10.3. The lowest BCUT2D eigenvalue weighted by Gasteiger charge is -2.06. The minimum Gasteiger partial charge on any atom is -0.348 e. The molecule has 0 atom stereocenters. The Morgan fingerprint density at radius 2 is 1.78 bits per heavy atom. The summed E-state index contributed by atoms with van der Waals surface area (Å²) in [6.07, 6.45) is -1.97. The van der Waals surface area contributed by atoms with Gasteiger partial charge in [-0.3, -0.25) is 4.79 Å². The third-order valence-corrected chi connectivity index (χ3v) is 3.02. The van der Waals surface area contributed by atoms with Crippen molar-refractivity contribution in [3.05, 3.63) is 77.1 Å². The molecule has 0 saturated heterocycles. The average Bonchev–Trinajstić information content (AvgIpc) is 2.52. The molecule has 0 bridgehead atoms. The van der Waals surface area contributed by atoms with Gasteiger partial charge in [0.1, 0.15) is 5.82 Å². The first-order valence-electron chi connectivity index (χ1n) is 6.72. The smallest absolute Gasteiger partial charge is 0.348 e. The van der Waals surface area contributed by atoms with Gasteiger partial charge in [0.2, 0.25) is 5.91 Å². The van der Waals surface area contributed by atoms with Crippen LogP contribution >= 0.6 is 0 Å². The maximum atomic E-state index is 12.7. The van der Waals surface area contributed by atoms with Crippen LogP contribution in [-0.2, 0) is 17.5 Å². The Morgan fingerprint density at radius 1 is 1.09 bits per heavy atom. The largest absolute Gasteiger partial charge is 0.416 e. The fourth-order valence-electron chi connectivity index (χ4n) is 1.84. The first-order valence-corrected chi connectivity index (χ1v) is 6.72. The predicted molar refractivity (Wildman–Crippen MR) is 78.7 cm³/mol. The van der Waals surface area contributed by atoms with E-state index in [1.54, 1.807) is 0 Å². The lowest BCUT2D eigenvalue weighted by Crippen LogP contribution is -2.20. The normalized spacial score (nSPS) is 11.7. The fraction of sp³-hybridized carbons (Fsp3) is 0.118. The van der Waals surface area contributed by atoms with Crippen molar-refractivity contribution in [1.82, 2.24) is 5.32 Å². The van der Waals surface area contributed by atoms with Crippen molar-refractivity contribution < 1.29 is 22.4 Å². The highest BCUT2D eigenvalue weighted by atomic mass is 19.4. The Balaban J connectivity index is 1.94. The average molecular weight is 323 g/mol. The number of carbonyl (C=O) groups excluding carboxylic acids is 1. The fourth-order valence-corrected chi connectivity index (χ4v) is 1.84. The minimum atomic E-state index is -4.42. The first-order chi connectivity index (χ1) is 10.8. The Bertz CT molecular complexity index is 705. The van der Waals surface area contributed by atoms with Gasteiger partial charge in [-0.15, -0.1) is 0 Å². The second kappa shape index (κ2) is 7.09. The predicted octanol–water partition coefficient (Wildman–Crippen LogP) is 4.17. The van der Waals surface area contributed by atoms with Gasteiger partial charge in [0.05, 0.1) is 5.56 Å². The molecular weight excluding hydrogens is 310 g/mol. The maximum absolute atomic E-state index is 12.7. The van der Waals surface area contributed by atoms with Gasteiger partial charge < -0.3 is 5.32 Å². The zero-order chi connectivity index (χ0) is 16.9. The number of carbonyl (C=O) groups is 1. The van der Waals surface area contributed by atoms with Crippen molar-refractivity contribution in [3.63, 3.8) is 0 Å². The summed E-state index contributed by atoms with van der Waals surface area (Å²) >= 11 is 0. The Kier molecular flexibility index (Phi) is 5.16. The van der Waals surface area contributed by atoms with E-state index in [9.17, 15) is 22.4 Å². The van der Waals surface area contributed by atoms with Gasteiger partial charge >= 0.3 is 6.18 Å². The zero-order valence-electron chi connectivity index (χ0n) is 11.9. The van der Waals surface area contributed by atoms with E-state index in [4.69, 9.17) is 0 Å². The molecule has 0 radical (unpaired) electrons. The third-order valence-electron chi connectivity index (χ3n) is 3.02. The first kappa shape index (κ1) is 16.7. The SMILES string of the molecule is O=C(/C=C/c1cccc(C(F)(F)F)c1)NCc1ccc(F)cc1. The molecule has 1 N–H and O–H groups in total. The van der Waals surface area contributed by atoms with Crippen molar-refractivity contribution in [1.29, 1.82) is 0 Å². The van der Waals surface area contributed by atoms with Gasteiger partial charge in [-0.25, -0.2) is 4.39 Å². The molecule has 0 heterocycles. The molecular formula is C17H13F4NO. The van der Waals surface area contributed by atoms with E-state index in [1.807, 2.05) is 0 Å².